The van der Waals surface area contributed by atoms with Gasteiger partial charge in [-0.2, -0.15) is 5.10 Å². The lowest BCUT2D eigenvalue weighted by Crippen LogP contribution is -2.28. The normalized spacial score (nSPS) is 10.6. The predicted molar refractivity (Wildman–Crippen MR) is 74.7 cm³/mol. The van der Waals surface area contributed by atoms with Crippen LogP contribution in [0.3, 0.4) is 0 Å². The van der Waals surface area contributed by atoms with E-state index in [0.717, 1.165) is 6.07 Å². The van der Waals surface area contributed by atoms with Gasteiger partial charge < -0.3 is 11.1 Å². The molecular weight excluding hydrogens is 278 g/mol. The minimum Gasteiger partial charge on any atom is -0.396 e. The number of halogens is 2. The number of benzene rings is 1. The van der Waals surface area contributed by atoms with E-state index in [-0.39, 0.29) is 12.5 Å². The Morgan fingerprint density at radius 2 is 2.00 bits per heavy atom. The van der Waals surface area contributed by atoms with E-state index in [0.29, 0.717) is 29.9 Å². The summed E-state index contributed by atoms with van der Waals surface area (Å²) >= 11 is 0. The highest BCUT2D eigenvalue weighted by Crippen LogP contribution is 2.11. The fourth-order valence-electron chi connectivity index (χ4n) is 2.05. The lowest BCUT2D eigenvalue weighted by atomic mass is 10.1. The quantitative estimate of drug-likeness (QED) is 0.882. The maximum atomic E-state index is 13.0. The third kappa shape index (κ3) is 3.56. The van der Waals surface area contributed by atoms with Crippen LogP contribution in [0.5, 0.6) is 0 Å². The van der Waals surface area contributed by atoms with Crippen molar-refractivity contribution in [3.05, 3.63) is 47.3 Å². The van der Waals surface area contributed by atoms with Crippen molar-refractivity contribution in [3.8, 4) is 0 Å². The van der Waals surface area contributed by atoms with E-state index in [1.165, 1.54) is 23.0 Å². The van der Waals surface area contributed by atoms with E-state index in [1.54, 1.807) is 0 Å². The summed E-state index contributed by atoms with van der Waals surface area (Å²) in [7, 11) is 0. The molecule has 0 saturated heterocycles. The number of hydrogen-bond donors (Lipinski definition) is 2. The number of carbonyl (C=O) groups is 1. The Hall–Kier alpha value is -2.44. The summed E-state index contributed by atoms with van der Waals surface area (Å²) in [6.07, 6.45) is 1.74. The minimum absolute atomic E-state index is 0.246. The Labute approximate surface area is 120 Å². The van der Waals surface area contributed by atoms with Crippen molar-refractivity contribution >= 4 is 11.6 Å². The zero-order valence-corrected chi connectivity index (χ0v) is 11.6. The zero-order valence-electron chi connectivity index (χ0n) is 11.6. The van der Waals surface area contributed by atoms with Gasteiger partial charge in [0.25, 0.3) is 5.91 Å². The maximum absolute atomic E-state index is 13.0. The van der Waals surface area contributed by atoms with Gasteiger partial charge in [-0.1, -0.05) is 0 Å². The van der Waals surface area contributed by atoms with E-state index in [2.05, 4.69) is 10.4 Å². The van der Waals surface area contributed by atoms with Crippen LogP contribution in [0.1, 0.15) is 23.0 Å². The molecule has 0 spiro atoms. The zero-order chi connectivity index (χ0) is 15.4. The molecule has 3 N–H and O–H groups in total. The van der Waals surface area contributed by atoms with Gasteiger partial charge in [-0.15, -0.1) is 0 Å². The van der Waals surface area contributed by atoms with E-state index < -0.39 is 11.6 Å². The fourth-order valence-corrected chi connectivity index (χ4v) is 2.05. The fraction of sp³-hybridized carbons (Fsp3) is 0.286. The third-order valence-electron chi connectivity index (χ3n) is 3.00. The van der Waals surface area contributed by atoms with Crippen molar-refractivity contribution in [2.75, 3.05) is 12.3 Å². The number of carbonyl (C=O) groups excluding carboxylic acids is 1. The summed E-state index contributed by atoms with van der Waals surface area (Å²) in [5.74, 6) is -1.63. The number of nitrogens with zero attached hydrogens (tertiary/aromatic N) is 2. The molecule has 5 nitrogen and oxygen atoms in total. The number of nitrogens with one attached hydrogen (secondary N) is 1. The average Bonchev–Trinajstić information content (AvgIpc) is 2.78. The molecule has 1 heterocycles. The van der Waals surface area contributed by atoms with E-state index in [9.17, 15) is 13.6 Å². The molecule has 0 fully saturated rings. The molecule has 0 aliphatic rings. The molecule has 0 bridgehead atoms. The van der Waals surface area contributed by atoms with Crippen LogP contribution in [0, 0.1) is 11.6 Å². The summed E-state index contributed by atoms with van der Waals surface area (Å²) in [5, 5.41) is 6.64. The standard InChI is InChI=1S/C14H16F2N4O/c1-2-20-13(12(17)8-19-20)14(21)18-4-3-9-5-10(15)7-11(16)6-9/h5-8H,2-4,17H2,1H3,(H,18,21). The highest BCUT2D eigenvalue weighted by atomic mass is 19.1. The summed E-state index contributed by atoms with van der Waals surface area (Å²) < 4.78 is 27.6. The first-order valence-electron chi connectivity index (χ1n) is 6.55. The van der Waals surface area contributed by atoms with Gasteiger partial charge in [0.2, 0.25) is 0 Å². The molecule has 0 radical (unpaired) electrons. The van der Waals surface area contributed by atoms with Gasteiger partial charge in [0.1, 0.15) is 17.3 Å². The second-order valence-electron chi connectivity index (χ2n) is 4.55. The molecule has 2 rings (SSSR count). The van der Waals surface area contributed by atoms with Crippen LogP contribution in [0.15, 0.2) is 24.4 Å². The van der Waals surface area contributed by atoms with Gasteiger partial charge in [-0.25, -0.2) is 8.78 Å². The maximum Gasteiger partial charge on any atom is 0.271 e. The second-order valence-corrected chi connectivity index (χ2v) is 4.55. The summed E-state index contributed by atoms with van der Waals surface area (Å²) in [4.78, 5) is 12.0. The number of aromatic nitrogens is 2. The summed E-state index contributed by atoms with van der Waals surface area (Å²) in [6.45, 7) is 2.61. The number of amides is 1. The van der Waals surface area contributed by atoms with Crippen molar-refractivity contribution in [3.63, 3.8) is 0 Å². The summed E-state index contributed by atoms with van der Waals surface area (Å²) in [5.41, 5.74) is 6.77. The molecule has 21 heavy (non-hydrogen) atoms. The van der Waals surface area contributed by atoms with Gasteiger partial charge in [-0.3, -0.25) is 9.48 Å². The topological polar surface area (TPSA) is 72.9 Å². The first-order chi connectivity index (χ1) is 10.0. The van der Waals surface area contributed by atoms with Crippen LogP contribution in [-0.2, 0) is 13.0 Å². The molecule has 0 atom stereocenters. The number of hydrogen-bond acceptors (Lipinski definition) is 3. The Bertz CT molecular complexity index is 634. The third-order valence-corrected chi connectivity index (χ3v) is 3.00. The number of nitrogens with two attached hydrogens (primary N) is 1. The Kier molecular flexibility index (Phi) is 4.52. The van der Waals surface area contributed by atoms with Crippen molar-refractivity contribution < 1.29 is 13.6 Å². The monoisotopic (exact) mass is 294 g/mol. The van der Waals surface area contributed by atoms with Crippen molar-refractivity contribution in [1.82, 2.24) is 15.1 Å². The molecule has 0 aliphatic carbocycles. The lowest BCUT2D eigenvalue weighted by Gasteiger charge is -2.08. The van der Waals surface area contributed by atoms with Crippen LogP contribution < -0.4 is 11.1 Å². The molecular formula is C14H16F2N4O. The van der Waals surface area contributed by atoms with Gasteiger partial charge >= 0.3 is 0 Å². The molecule has 0 aliphatic heterocycles. The van der Waals surface area contributed by atoms with E-state index in [1.807, 2.05) is 6.92 Å². The van der Waals surface area contributed by atoms with Gasteiger partial charge in [-0.05, 0) is 31.0 Å². The van der Waals surface area contributed by atoms with Gasteiger partial charge in [0, 0.05) is 19.2 Å². The lowest BCUT2D eigenvalue weighted by molar-refractivity contribution is 0.0944. The Balaban J connectivity index is 1.97. The first kappa shape index (κ1) is 15.0. The van der Waals surface area contributed by atoms with Gasteiger partial charge in [0.05, 0.1) is 11.9 Å². The van der Waals surface area contributed by atoms with E-state index >= 15 is 0 Å². The minimum atomic E-state index is -0.635. The second kappa shape index (κ2) is 6.34. The van der Waals surface area contributed by atoms with E-state index in [4.69, 9.17) is 5.73 Å². The number of anilines is 1. The highest BCUT2D eigenvalue weighted by Gasteiger charge is 2.15. The molecule has 2 aromatic rings. The molecule has 1 aromatic heterocycles. The Morgan fingerprint density at radius 3 is 2.62 bits per heavy atom. The molecule has 0 unspecified atom stereocenters. The smallest absolute Gasteiger partial charge is 0.271 e. The Morgan fingerprint density at radius 1 is 1.33 bits per heavy atom. The van der Waals surface area contributed by atoms with Crippen molar-refractivity contribution in [2.45, 2.75) is 19.9 Å². The SMILES string of the molecule is CCn1ncc(N)c1C(=O)NCCc1cc(F)cc(F)c1. The predicted octanol–water partition coefficient (Wildman–Crippen LogP) is 1.74. The van der Waals surface area contributed by atoms with Crippen LogP contribution >= 0.6 is 0 Å². The van der Waals surface area contributed by atoms with Crippen LogP contribution in [0.2, 0.25) is 0 Å². The van der Waals surface area contributed by atoms with Crippen LogP contribution in [0.25, 0.3) is 0 Å². The number of aryl methyl sites for hydroxylation is 1. The molecule has 1 amide bonds. The van der Waals surface area contributed by atoms with Crippen molar-refractivity contribution in [2.24, 2.45) is 0 Å². The molecule has 112 valence electrons. The average molecular weight is 294 g/mol. The first-order valence-corrected chi connectivity index (χ1v) is 6.55. The summed E-state index contributed by atoms with van der Waals surface area (Å²) in [6, 6.07) is 3.28. The van der Waals surface area contributed by atoms with Crippen LogP contribution in [-0.4, -0.2) is 22.2 Å². The van der Waals surface area contributed by atoms with Crippen LogP contribution in [0.4, 0.5) is 14.5 Å². The molecule has 1 aromatic carbocycles. The number of rotatable bonds is 5. The highest BCUT2D eigenvalue weighted by molar-refractivity contribution is 5.97. The molecule has 0 saturated carbocycles. The largest absolute Gasteiger partial charge is 0.396 e. The molecule has 7 heteroatoms. The van der Waals surface area contributed by atoms with Gasteiger partial charge in [0.15, 0.2) is 0 Å². The number of nitrogen functional groups attached to an aromatic ring is 1. The van der Waals surface area contributed by atoms with Crippen molar-refractivity contribution in [1.29, 1.82) is 0 Å².